The van der Waals surface area contributed by atoms with Crippen molar-refractivity contribution < 1.29 is 73.4 Å². The molecule has 15 heteroatoms. The average molecular weight is 611 g/mol. The van der Waals surface area contributed by atoms with Gasteiger partial charge in [-0.15, -0.1) is 0 Å². The Morgan fingerprint density at radius 1 is 0.581 bits per heavy atom. The highest BCUT2D eigenvalue weighted by Crippen LogP contribution is 2.29. The summed E-state index contributed by atoms with van der Waals surface area (Å²) in [7, 11) is 2.93. The van der Waals surface area contributed by atoms with E-state index in [0.29, 0.717) is 11.5 Å². The summed E-state index contributed by atoms with van der Waals surface area (Å²) in [5.74, 6) is -0.511. The molecule has 0 aromatic heterocycles. The van der Waals surface area contributed by atoms with E-state index in [-0.39, 0.29) is 11.1 Å². The van der Waals surface area contributed by atoms with E-state index in [4.69, 9.17) is 33.2 Å². The van der Waals surface area contributed by atoms with Gasteiger partial charge in [-0.3, -0.25) is 0 Å². The van der Waals surface area contributed by atoms with Gasteiger partial charge in [0, 0.05) is 0 Å². The van der Waals surface area contributed by atoms with E-state index in [1.54, 1.807) is 24.3 Å². The van der Waals surface area contributed by atoms with Crippen molar-refractivity contribution in [3.63, 3.8) is 0 Å². The number of benzene rings is 2. The second-order valence-electron chi connectivity index (χ2n) is 9.82. The number of rotatable bonds is 10. The van der Waals surface area contributed by atoms with Crippen LogP contribution in [0.4, 0.5) is 0 Å². The maximum Gasteiger partial charge on any atom is 0.338 e. The van der Waals surface area contributed by atoms with Crippen molar-refractivity contribution >= 4 is 11.9 Å². The molecule has 43 heavy (non-hydrogen) atoms. The van der Waals surface area contributed by atoms with Crippen LogP contribution >= 0.6 is 0 Å². The van der Waals surface area contributed by atoms with E-state index in [1.807, 2.05) is 0 Å². The number of aliphatic hydroxyl groups excluding tert-OH is 6. The molecule has 0 amide bonds. The Balaban J connectivity index is 1.37. The standard InChI is InChI=1S/C28H34O15/c1-37-15-7-3-13(4-8-15)25(35)39-11-17-19(29)21(31)23(33)27(41-17)43-28-24(34)22(32)20(30)18(42-28)12-40-26(36)14-5-9-16(38-2)10-6-14/h3-10,17-24,27-34H,11-12H2,1-2H3/t17-,18-,19-,20-,21+,22+,23-,24-,27-,28-/m1/s1. The molecule has 2 aliphatic rings. The van der Waals surface area contributed by atoms with Crippen molar-refractivity contribution in [2.45, 2.75) is 61.4 Å². The van der Waals surface area contributed by atoms with E-state index in [0.717, 1.165) is 0 Å². The number of methoxy groups -OCH3 is 2. The van der Waals surface area contributed by atoms with Gasteiger partial charge in [-0.25, -0.2) is 9.59 Å². The zero-order valence-electron chi connectivity index (χ0n) is 23.2. The SMILES string of the molecule is COc1ccc(C(=O)OC[C@H]2O[C@H](O[C@H]3O[C@H](COC(=O)c4ccc(OC)cc4)[C@@H](O)[C@H](O)[C@H]3O)[C@H](O)[C@@H](O)[C@@H]2O)cc1. The Morgan fingerprint density at radius 3 is 1.26 bits per heavy atom. The van der Waals surface area contributed by atoms with Crippen molar-refractivity contribution in [1.82, 2.24) is 0 Å². The van der Waals surface area contributed by atoms with Gasteiger partial charge in [0.05, 0.1) is 25.3 Å². The summed E-state index contributed by atoms with van der Waals surface area (Å²) in [5, 5.41) is 62.5. The van der Waals surface area contributed by atoms with Gasteiger partial charge in [0.15, 0.2) is 12.6 Å². The second-order valence-corrected chi connectivity index (χ2v) is 9.82. The number of carbonyl (C=O) groups excluding carboxylic acids is 2. The smallest absolute Gasteiger partial charge is 0.338 e. The van der Waals surface area contributed by atoms with Crippen molar-refractivity contribution in [2.75, 3.05) is 27.4 Å². The lowest BCUT2D eigenvalue weighted by atomic mass is 9.98. The zero-order valence-corrected chi connectivity index (χ0v) is 23.2. The van der Waals surface area contributed by atoms with Crippen LogP contribution < -0.4 is 9.47 Å². The van der Waals surface area contributed by atoms with Crippen LogP contribution in [0.2, 0.25) is 0 Å². The van der Waals surface area contributed by atoms with E-state index >= 15 is 0 Å². The first-order valence-electron chi connectivity index (χ1n) is 13.2. The number of ether oxygens (including phenoxy) is 7. The molecule has 2 saturated heterocycles. The summed E-state index contributed by atoms with van der Waals surface area (Å²) in [5.41, 5.74) is 0.342. The fraction of sp³-hybridized carbons (Fsp3) is 0.500. The third-order valence-electron chi connectivity index (χ3n) is 7.01. The molecule has 0 unspecified atom stereocenters. The first kappa shape index (κ1) is 32.5. The van der Waals surface area contributed by atoms with Gasteiger partial charge in [0.2, 0.25) is 0 Å². The summed E-state index contributed by atoms with van der Waals surface area (Å²) in [6, 6.07) is 12.0. The van der Waals surface area contributed by atoms with Crippen molar-refractivity contribution in [2.24, 2.45) is 0 Å². The van der Waals surface area contributed by atoms with Crippen molar-refractivity contribution in [1.29, 1.82) is 0 Å². The minimum Gasteiger partial charge on any atom is -0.497 e. The summed E-state index contributed by atoms with van der Waals surface area (Å²) in [6.07, 6.45) is -17.1. The molecule has 0 bridgehead atoms. The largest absolute Gasteiger partial charge is 0.497 e. The summed E-state index contributed by atoms with van der Waals surface area (Å²) < 4.78 is 37.0. The Kier molecular flexibility index (Phi) is 10.9. The van der Waals surface area contributed by atoms with Gasteiger partial charge in [-0.2, -0.15) is 0 Å². The van der Waals surface area contributed by atoms with Crippen molar-refractivity contribution in [3.05, 3.63) is 59.7 Å². The van der Waals surface area contributed by atoms with E-state index in [1.165, 1.54) is 38.5 Å². The molecule has 10 atom stereocenters. The highest BCUT2D eigenvalue weighted by molar-refractivity contribution is 5.90. The van der Waals surface area contributed by atoms with Crippen LogP contribution in [0.5, 0.6) is 11.5 Å². The second kappa shape index (κ2) is 14.4. The van der Waals surface area contributed by atoms with E-state index < -0.39 is 86.6 Å². The molecule has 0 aliphatic carbocycles. The van der Waals surface area contributed by atoms with Crippen molar-refractivity contribution in [3.8, 4) is 11.5 Å². The number of esters is 2. The van der Waals surface area contributed by atoms with Crippen LogP contribution in [0, 0.1) is 0 Å². The van der Waals surface area contributed by atoms with E-state index in [2.05, 4.69) is 0 Å². The minimum atomic E-state index is -1.87. The molecule has 2 aliphatic heterocycles. The number of hydrogen-bond donors (Lipinski definition) is 6. The molecular weight excluding hydrogens is 576 g/mol. The zero-order chi connectivity index (χ0) is 31.3. The van der Waals surface area contributed by atoms with Crippen LogP contribution in [0.15, 0.2) is 48.5 Å². The van der Waals surface area contributed by atoms with Gasteiger partial charge >= 0.3 is 11.9 Å². The van der Waals surface area contributed by atoms with Gasteiger partial charge in [0.25, 0.3) is 0 Å². The van der Waals surface area contributed by atoms with Gasteiger partial charge in [-0.1, -0.05) is 0 Å². The first-order valence-corrected chi connectivity index (χ1v) is 13.2. The number of hydrogen-bond acceptors (Lipinski definition) is 15. The van der Waals surface area contributed by atoms with Crippen LogP contribution in [0.3, 0.4) is 0 Å². The lowest BCUT2D eigenvalue weighted by Crippen LogP contribution is -2.64. The Morgan fingerprint density at radius 2 is 0.930 bits per heavy atom. The molecule has 4 rings (SSSR count). The molecule has 2 aromatic carbocycles. The van der Waals surface area contributed by atoms with Gasteiger partial charge < -0.3 is 63.8 Å². The highest BCUT2D eigenvalue weighted by atomic mass is 16.8. The van der Waals surface area contributed by atoms with Crippen LogP contribution in [0.1, 0.15) is 20.7 Å². The molecule has 236 valence electrons. The third-order valence-corrected chi connectivity index (χ3v) is 7.01. The highest BCUT2D eigenvalue weighted by Gasteiger charge is 2.50. The minimum absolute atomic E-state index is 0.171. The first-order chi connectivity index (χ1) is 20.5. The normalized spacial score (nSPS) is 32.5. The molecule has 0 saturated carbocycles. The molecule has 2 fully saturated rings. The lowest BCUT2D eigenvalue weighted by Gasteiger charge is -2.44. The fourth-order valence-electron chi connectivity index (χ4n) is 4.40. The van der Waals surface area contributed by atoms with Gasteiger partial charge in [0.1, 0.15) is 73.5 Å². The Hall–Kier alpha value is -3.38. The van der Waals surface area contributed by atoms with Crippen LogP contribution in [0.25, 0.3) is 0 Å². The average Bonchev–Trinajstić information content (AvgIpc) is 3.03. The maximum absolute atomic E-state index is 12.4. The lowest BCUT2D eigenvalue weighted by molar-refractivity contribution is -0.376. The molecule has 0 radical (unpaired) electrons. The third kappa shape index (κ3) is 7.59. The fourth-order valence-corrected chi connectivity index (χ4v) is 4.40. The molecule has 2 aromatic rings. The number of carbonyl (C=O) groups is 2. The predicted molar refractivity (Wildman–Crippen MR) is 141 cm³/mol. The van der Waals surface area contributed by atoms with Gasteiger partial charge in [-0.05, 0) is 48.5 Å². The molecule has 2 heterocycles. The molecule has 15 nitrogen and oxygen atoms in total. The van der Waals surface area contributed by atoms with Crippen LogP contribution in [-0.2, 0) is 23.7 Å². The quantitative estimate of drug-likeness (QED) is 0.166. The topological polar surface area (TPSA) is 220 Å². The monoisotopic (exact) mass is 610 g/mol. The summed E-state index contributed by atoms with van der Waals surface area (Å²) >= 11 is 0. The Labute approximate surface area is 245 Å². The molecular formula is C28H34O15. The predicted octanol–water partition coefficient (Wildman–Crippen LogP) is -1.65. The summed E-state index contributed by atoms with van der Waals surface area (Å²) in [4.78, 5) is 24.8. The number of aliphatic hydroxyl groups is 6. The Bertz CT molecular complexity index is 1110. The summed E-state index contributed by atoms with van der Waals surface area (Å²) in [6.45, 7) is -1.12. The van der Waals surface area contributed by atoms with E-state index in [9.17, 15) is 40.2 Å². The maximum atomic E-state index is 12.4. The van der Waals surface area contributed by atoms with Crippen LogP contribution in [-0.4, -0.2) is 131 Å². The molecule has 6 N–H and O–H groups in total. The molecule has 0 spiro atoms.